The van der Waals surface area contributed by atoms with E-state index >= 15 is 0 Å². The Morgan fingerprint density at radius 3 is 1.57 bits per heavy atom. The molecule has 3 heterocycles. The van der Waals surface area contributed by atoms with Crippen LogP contribution in [0.15, 0.2) is 164 Å². The van der Waals surface area contributed by atoms with Gasteiger partial charge >= 0.3 is 0 Å². The smallest absolute Gasteiger partial charge is 0.252 e. The molecule has 1 fully saturated rings. The van der Waals surface area contributed by atoms with Crippen LogP contribution in [0.4, 0.5) is 45.5 Å². The van der Waals surface area contributed by atoms with Gasteiger partial charge < -0.3 is 14.7 Å². The predicted octanol–water partition coefficient (Wildman–Crippen LogP) is 18.3. The summed E-state index contributed by atoms with van der Waals surface area (Å²) in [7, 11) is 0. The van der Waals surface area contributed by atoms with E-state index in [1.54, 1.807) is 0 Å². The lowest BCUT2D eigenvalue weighted by Gasteiger charge is -2.50. The zero-order valence-electron chi connectivity index (χ0n) is 48.8. The van der Waals surface area contributed by atoms with Crippen LogP contribution in [0.25, 0.3) is 22.3 Å². The predicted molar refractivity (Wildman–Crippen MR) is 334 cm³/mol. The van der Waals surface area contributed by atoms with E-state index in [4.69, 9.17) is 0 Å². The van der Waals surface area contributed by atoms with Crippen molar-refractivity contribution in [3.8, 4) is 22.3 Å². The van der Waals surface area contributed by atoms with Crippen molar-refractivity contribution in [3.63, 3.8) is 0 Å². The molecule has 3 nitrogen and oxygen atoms in total. The highest BCUT2D eigenvalue weighted by Gasteiger charge is 2.58. The summed E-state index contributed by atoms with van der Waals surface area (Å²) in [6.07, 6.45) is 4.83. The lowest BCUT2D eigenvalue weighted by Crippen LogP contribution is -2.61. The average molecular weight is 1010 g/mol. The topological polar surface area (TPSA) is 9.72 Å². The van der Waals surface area contributed by atoms with E-state index in [1.165, 1.54) is 137 Å². The maximum Gasteiger partial charge on any atom is 0.252 e. The van der Waals surface area contributed by atoms with Crippen LogP contribution in [0.3, 0.4) is 0 Å². The molecule has 0 bridgehead atoms. The highest BCUT2D eigenvalue weighted by molar-refractivity contribution is 7.00. The average Bonchev–Trinajstić information content (AvgIpc) is 3.65. The van der Waals surface area contributed by atoms with E-state index < -0.39 is 0 Å². The third-order valence-electron chi connectivity index (χ3n) is 18.7. The monoisotopic (exact) mass is 1010 g/mol. The van der Waals surface area contributed by atoms with Crippen LogP contribution in [0.1, 0.15) is 156 Å². The summed E-state index contributed by atoms with van der Waals surface area (Å²) in [5, 5.41) is 0. The fourth-order valence-electron chi connectivity index (χ4n) is 13.9. The van der Waals surface area contributed by atoms with Gasteiger partial charge in [0.25, 0.3) is 6.71 Å². The van der Waals surface area contributed by atoms with Crippen LogP contribution in [0.2, 0.25) is 0 Å². The number of aryl methyl sites for hydroxylation is 1. The minimum absolute atomic E-state index is 0.00970. The molecule has 2 atom stereocenters. The third kappa shape index (κ3) is 8.21. The van der Waals surface area contributed by atoms with Crippen molar-refractivity contribution < 1.29 is 0 Å². The fraction of sp³-hybridized carbons (Fsp3) is 0.342. The summed E-state index contributed by atoms with van der Waals surface area (Å²) >= 11 is 0. The number of nitrogens with zero attached hydrogens (tertiary/aromatic N) is 3. The van der Waals surface area contributed by atoms with Gasteiger partial charge in [0.2, 0.25) is 0 Å². The van der Waals surface area contributed by atoms with E-state index in [1.807, 2.05) is 0 Å². The van der Waals surface area contributed by atoms with Gasteiger partial charge in [0.15, 0.2) is 0 Å². The Labute approximate surface area is 462 Å². The van der Waals surface area contributed by atoms with Gasteiger partial charge in [0.05, 0.1) is 11.2 Å². The zero-order valence-corrected chi connectivity index (χ0v) is 48.8. The van der Waals surface area contributed by atoms with E-state index in [9.17, 15) is 0 Å². The first-order chi connectivity index (χ1) is 36.3. The molecule has 0 radical (unpaired) electrons. The molecule has 390 valence electrons. The lowest BCUT2D eigenvalue weighted by atomic mass is 9.33. The Balaban J connectivity index is 1.14. The molecule has 0 amide bonds. The van der Waals surface area contributed by atoms with Gasteiger partial charge in [-0.1, -0.05) is 206 Å². The second-order valence-corrected chi connectivity index (χ2v) is 27.9. The standard InChI is InChI=1S/C73H80BN3/c1-47-41-65-67-66(42-47)76(61-37-30-53(70(8,9)10)44-57(61)49-21-17-16-18-22-49)63-36-25-50(48-23-26-51(27-24-48)68(2,3)4)43-60(63)74(67)59-35-34-56(46-64(59)75(65)55-32-28-52(29-33-55)69(5,6)7)77-62-38-31-54(71(11,12)13)45-58(62)72(14)39-19-20-40-73(72,77)15/h16-18,21-38,41-46H,19-20,39-40H2,1-15H3. The van der Waals surface area contributed by atoms with E-state index in [2.05, 4.69) is 282 Å². The number of hydrogen-bond donors (Lipinski definition) is 0. The maximum absolute atomic E-state index is 2.79. The summed E-state index contributed by atoms with van der Waals surface area (Å²) in [4.78, 5) is 8.04. The van der Waals surface area contributed by atoms with Gasteiger partial charge in [-0.3, -0.25) is 0 Å². The van der Waals surface area contributed by atoms with Gasteiger partial charge in [0.1, 0.15) is 0 Å². The second-order valence-electron chi connectivity index (χ2n) is 27.9. The Morgan fingerprint density at radius 1 is 0.403 bits per heavy atom. The van der Waals surface area contributed by atoms with Crippen LogP contribution in [0, 0.1) is 6.92 Å². The van der Waals surface area contributed by atoms with Crippen molar-refractivity contribution in [1.29, 1.82) is 0 Å². The van der Waals surface area contributed by atoms with Gasteiger partial charge in [-0.25, -0.2) is 0 Å². The highest BCUT2D eigenvalue weighted by Crippen LogP contribution is 2.62. The van der Waals surface area contributed by atoms with Gasteiger partial charge in [-0.05, 0) is 175 Å². The molecule has 3 aliphatic heterocycles. The van der Waals surface area contributed by atoms with Crippen molar-refractivity contribution in [1.82, 2.24) is 0 Å². The molecule has 4 aliphatic rings. The molecule has 0 saturated heterocycles. The summed E-state index contributed by atoms with van der Waals surface area (Å²) in [5.41, 5.74) is 27.1. The second kappa shape index (κ2) is 17.6. The first kappa shape index (κ1) is 51.0. The quantitative estimate of drug-likeness (QED) is 0.159. The van der Waals surface area contributed by atoms with Crippen molar-refractivity contribution >= 4 is 68.6 Å². The Morgan fingerprint density at radius 2 is 0.935 bits per heavy atom. The molecule has 1 saturated carbocycles. The number of benzene rings is 8. The van der Waals surface area contributed by atoms with Crippen LogP contribution in [0.5, 0.6) is 0 Å². The van der Waals surface area contributed by atoms with Crippen molar-refractivity contribution in [2.75, 3.05) is 14.7 Å². The third-order valence-corrected chi connectivity index (χ3v) is 18.7. The zero-order chi connectivity index (χ0) is 54.4. The first-order valence-electron chi connectivity index (χ1n) is 28.7. The lowest BCUT2D eigenvalue weighted by molar-refractivity contribution is 0.195. The molecule has 12 rings (SSSR count). The highest BCUT2D eigenvalue weighted by atomic mass is 15.3. The van der Waals surface area contributed by atoms with Crippen LogP contribution < -0.4 is 31.1 Å². The SMILES string of the molecule is Cc1cc2c3c(c1)N(c1ccc(C(C)(C)C)cc1-c1ccccc1)c1ccc(-c4ccc(C(C)(C)C)cc4)cc1B3c1ccc(N3c4ccc(C(C)(C)C)cc4C4(C)CCCCC34C)cc1N2c1ccc(C(C)(C)C)cc1. The molecule has 1 aliphatic carbocycles. The Hall–Kier alpha value is -6.78. The minimum atomic E-state index is -0.0950. The molecule has 4 heteroatoms. The van der Waals surface area contributed by atoms with Crippen LogP contribution >= 0.6 is 0 Å². The van der Waals surface area contributed by atoms with Crippen molar-refractivity contribution in [2.24, 2.45) is 0 Å². The summed E-state index contributed by atoms with van der Waals surface area (Å²) in [6.45, 7) is 35.4. The Kier molecular flexibility index (Phi) is 11.7. The Bertz CT molecular complexity index is 3620. The molecule has 0 spiro atoms. The molecule has 8 aromatic carbocycles. The number of fused-ring (bicyclic) bond motifs is 7. The van der Waals surface area contributed by atoms with Crippen molar-refractivity contribution in [2.45, 2.75) is 162 Å². The van der Waals surface area contributed by atoms with Gasteiger partial charge in [-0.2, -0.15) is 0 Å². The summed E-state index contributed by atoms with van der Waals surface area (Å²) < 4.78 is 0. The minimum Gasteiger partial charge on any atom is -0.334 e. The number of anilines is 8. The molecular weight excluding hydrogens is 930 g/mol. The van der Waals surface area contributed by atoms with Gasteiger partial charge in [0, 0.05) is 50.8 Å². The first-order valence-corrected chi connectivity index (χ1v) is 28.7. The maximum atomic E-state index is 2.79. The number of hydrogen-bond acceptors (Lipinski definition) is 3. The van der Waals surface area contributed by atoms with Crippen LogP contribution in [-0.2, 0) is 27.1 Å². The molecule has 8 aromatic rings. The molecule has 2 unspecified atom stereocenters. The van der Waals surface area contributed by atoms with Gasteiger partial charge in [-0.15, -0.1) is 0 Å². The molecule has 0 N–H and O–H groups in total. The largest absolute Gasteiger partial charge is 0.334 e. The van der Waals surface area contributed by atoms with Crippen LogP contribution in [-0.4, -0.2) is 12.3 Å². The summed E-state index contributed by atoms with van der Waals surface area (Å²) in [6, 6.07) is 64.5. The number of rotatable bonds is 5. The fourth-order valence-corrected chi connectivity index (χ4v) is 13.9. The van der Waals surface area contributed by atoms with E-state index in [0.29, 0.717) is 0 Å². The molecule has 0 aromatic heterocycles. The summed E-state index contributed by atoms with van der Waals surface area (Å²) in [5.74, 6) is 0. The van der Waals surface area contributed by atoms with Crippen molar-refractivity contribution in [3.05, 3.63) is 197 Å². The normalized spacial score (nSPS) is 18.9. The van der Waals surface area contributed by atoms with E-state index in [-0.39, 0.29) is 39.3 Å². The molecular formula is C73H80BN3. The molecule has 77 heavy (non-hydrogen) atoms. The van der Waals surface area contributed by atoms with E-state index in [0.717, 1.165) is 6.42 Å².